The van der Waals surface area contributed by atoms with Crippen LogP contribution in [0.2, 0.25) is 0 Å². The third-order valence-electron chi connectivity index (χ3n) is 3.26. The zero-order chi connectivity index (χ0) is 16.8. The summed E-state index contributed by atoms with van der Waals surface area (Å²) < 4.78 is 26.4. The van der Waals surface area contributed by atoms with Gasteiger partial charge >= 0.3 is 0 Å². The fourth-order valence-corrected chi connectivity index (χ4v) is 2.60. The molecule has 0 unspecified atom stereocenters. The molecule has 0 bridgehead atoms. The van der Waals surface area contributed by atoms with Crippen molar-refractivity contribution in [2.75, 3.05) is 13.6 Å². The van der Waals surface area contributed by atoms with E-state index in [1.165, 1.54) is 29.4 Å². The molecule has 1 aromatic heterocycles. The van der Waals surface area contributed by atoms with Gasteiger partial charge in [-0.1, -0.05) is 6.07 Å². The van der Waals surface area contributed by atoms with E-state index in [0.29, 0.717) is 5.56 Å². The molecule has 23 heavy (non-hydrogen) atoms. The molecule has 2 amide bonds. The Morgan fingerprint density at radius 1 is 1.26 bits per heavy atom. The van der Waals surface area contributed by atoms with Crippen LogP contribution >= 0.6 is 11.3 Å². The van der Waals surface area contributed by atoms with E-state index in [0.717, 1.165) is 12.1 Å². The molecule has 0 saturated heterocycles. The SMILES string of the molecule is CN(Cc1ccc(F)cc1F)C(=O)CCNC(=O)c1ccsc1. The molecule has 0 radical (unpaired) electrons. The molecule has 2 aromatic rings. The number of rotatable bonds is 6. The first-order valence-corrected chi connectivity index (χ1v) is 7.90. The fourth-order valence-electron chi connectivity index (χ4n) is 1.96. The number of amides is 2. The van der Waals surface area contributed by atoms with Crippen molar-refractivity contribution in [2.24, 2.45) is 0 Å². The summed E-state index contributed by atoms with van der Waals surface area (Å²) in [5.41, 5.74) is 0.800. The molecule has 4 nitrogen and oxygen atoms in total. The van der Waals surface area contributed by atoms with Gasteiger partial charge in [0.25, 0.3) is 5.91 Å². The molecular formula is C16H16F2N2O2S. The zero-order valence-corrected chi connectivity index (χ0v) is 13.3. The summed E-state index contributed by atoms with van der Waals surface area (Å²) in [7, 11) is 1.53. The Bertz CT molecular complexity index is 689. The highest BCUT2D eigenvalue weighted by molar-refractivity contribution is 7.08. The van der Waals surface area contributed by atoms with Gasteiger partial charge in [0.15, 0.2) is 0 Å². The van der Waals surface area contributed by atoms with Crippen LogP contribution in [0.4, 0.5) is 8.78 Å². The zero-order valence-electron chi connectivity index (χ0n) is 12.5. The third kappa shape index (κ3) is 4.85. The van der Waals surface area contributed by atoms with Gasteiger partial charge in [0.1, 0.15) is 11.6 Å². The molecule has 122 valence electrons. The van der Waals surface area contributed by atoms with Crippen molar-refractivity contribution in [1.29, 1.82) is 0 Å². The molecule has 0 aliphatic rings. The van der Waals surface area contributed by atoms with E-state index in [2.05, 4.69) is 5.32 Å². The topological polar surface area (TPSA) is 49.4 Å². The number of halogens is 2. The Balaban J connectivity index is 1.79. The first kappa shape index (κ1) is 17.1. The predicted molar refractivity (Wildman–Crippen MR) is 84.1 cm³/mol. The van der Waals surface area contributed by atoms with Crippen molar-refractivity contribution < 1.29 is 18.4 Å². The molecule has 0 aliphatic carbocycles. The van der Waals surface area contributed by atoms with Crippen LogP contribution in [0.15, 0.2) is 35.0 Å². The molecule has 1 aromatic carbocycles. The van der Waals surface area contributed by atoms with Gasteiger partial charge < -0.3 is 10.2 Å². The van der Waals surface area contributed by atoms with Crippen molar-refractivity contribution >= 4 is 23.2 Å². The summed E-state index contributed by atoms with van der Waals surface area (Å²) in [5, 5.41) is 6.17. The monoisotopic (exact) mass is 338 g/mol. The second-order valence-electron chi connectivity index (χ2n) is 5.00. The van der Waals surface area contributed by atoms with Crippen LogP contribution in [0, 0.1) is 11.6 Å². The van der Waals surface area contributed by atoms with Gasteiger partial charge in [-0.2, -0.15) is 11.3 Å². The van der Waals surface area contributed by atoms with Crippen LogP contribution in [-0.4, -0.2) is 30.3 Å². The lowest BCUT2D eigenvalue weighted by atomic mass is 10.2. The lowest BCUT2D eigenvalue weighted by molar-refractivity contribution is -0.130. The Morgan fingerprint density at radius 2 is 2.04 bits per heavy atom. The van der Waals surface area contributed by atoms with Crippen LogP contribution in [0.1, 0.15) is 22.3 Å². The largest absolute Gasteiger partial charge is 0.351 e. The maximum Gasteiger partial charge on any atom is 0.252 e. The average Bonchev–Trinajstić information content (AvgIpc) is 3.04. The van der Waals surface area contributed by atoms with E-state index in [1.807, 2.05) is 0 Å². The fraction of sp³-hybridized carbons (Fsp3) is 0.250. The van der Waals surface area contributed by atoms with Gasteiger partial charge in [-0.15, -0.1) is 0 Å². The number of hydrogen-bond acceptors (Lipinski definition) is 3. The molecule has 1 heterocycles. The second-order valence-corrected chi connectivity index (χ2v) is 5.78. The molecule has 0 saturated carbocycles. The number of carbonyl (C=O) groups is 2. The van der Waals surface area contributed by atoms with Gasteiger partial charge in [-0.05, 0) is 17.5 Å². The molecular weight excluding hydrogens is 322 g/mol. The number of nitrogens with zero attached hydrogens (tertiary/aromatic N) is 1. The first-order chi connectivity index (χ1) is 11.0. The van der Waals surface area contributed by atoms with Crippen molar-refractivity contribution in [3.8, 4) is 0 Å². The van der Waals surface area contributed by atoms with Gasteiger partial charge in [-0.3, -0.25) is 9.59 Å². The molecule has 7 heteroatoms. The van der Waals surface area contributed by atoms with Crippen LogP contribution in [0.3, 0.4) is 0 Å². The minimum atomic E-state index is -0.685. The number of carbonyl (C=O) groups excluding carboxylic acids is 2. The number of nitrogens with one attached hydrogen (secondary N) is 1. The molecule has 1 N–H and O–H groups in total. The smallest absolute Gasteiger partial charge is 0.252 e. The van der Waals surface area contributed by atoms with Crippen LogP contribution in [0.5, 0.6) is 0 Å². The molecule has 2 rings (SSSR count). The van der Waals surface area contributed by atoms with Crippen LogP contribution in [-0.2, 0) is 11.3 Å². The van der Waals surface area contributed by atoms with Crippen molar-refractivity contribution in [1.82, 2.24) is 10.2 Å². The third-order valence-corrected chi connectivity index (χ3v) is 3.94. The minimum absolute atomic E-state index is 0.0451. The first-order valence-electron chi connectivity index (χ1n) is 6.95. The Labute approximate surface area is 136 Å². The van der Waals surface area contributed by atoms with Crippen molar-refractivity contribution in [3.05, 3.63) is 57.8 Å². The van der Waals surface area contributed by atoms with E-state index >= 15 is 0 Å². The molecule has 0 fully saturated rings. The van der Waals surface area contributed by atoms with E-state index in [4.69, 9.17) is 0 Å². The number of benzene rings is 1. The van der Waals surface area contributed by atoms with Crippen molar-refractivity contribution in [2.45, 2.75) is 13.0 Å². The summed E-state index contributed by atoms with van der Waals surface area (Å²) in [6.07, 6.45) is 0.106. The van der Waals surface area contributed by atoms with Gasteiger partial charge in [0.05, 0.1) is 0 Å². The maximum atomic E-state index is 13.6. The highest BCUT2D eigenvalue weighted by Gasteiger charge is 2.13. The quantitative estimate of drug-likeness (QED) is 0.880. The summed E-state index contributed by atoms with van der Waals surface area (Å²) in [6.45, 7) is 0.243. The highest BCUT2D eigenvalue weighted by Crippen LogP contribution is 2.12. The summed E-state index contributed by atoms with van der Waals surface area (Å²) in [6, 6.07) is 4.95. The Kier molecular flexibility index (Phi) is 5.81. The summed E-state index contributed by atoms with van der Waals surface area (Å²) in [5.74, 6) is -1.81. The average molecular weight is 338 g/mol. The van der Waals surface area contributed by atoms with Crippen LogP contribution in [0.25, 0.3) is 0 Å². The molecule has 0 aliphatic heterocycles. The highest BCUT2D eigenvalue weighted by atomic mass is 32.1. The van der Waals surface area contributed by atoms with Crippen molar-refractivity contribution in [3.63, 3.8) is 0 Å². The Hall–Kier alpha value is -2.28. The summed E-state index contributed by atoms with van der Waals surface area (Å²) >= 11 is 1.42. The normalized spacial score (nSPS) is 10.4. The molecule has 0 spiro atoms. The maximum absolute atomic E-state index is 13.6. The van der Waals surface area contributed by atoms with Gasteiger partial charge in [0, 0.05) is 49.1 Å². The van der Waals surface area contributed by atoms with E-state index in [9.17, 15) is 18.4 Å². The standard InChI is InChI=1S/C16H16F2N2O2S/c1-20(9-11-2-3-13(17)8-14(11)18)15(21)4-6-19-16(22)12-5-7-23-10-12/h2-3,5,7-8,10H,4,6,9H2,1H3,(H,19,22). The van der Waals surface area contributed by atoms with Crippen LogP contribution < -0.4 is 5.32 Å². The Morgan fingerprint density at radius 3 is 2.70 bits per heavy atom. The number of hydrogen-bond donors (Lipinski definition) is 1. The van der Waals surface area contributed by atoms with E-state index in [1.54, 1.807) is 16.8 Å². The minimum Gasteiger partial charge on any atom is -0.351 e. The van der Waals surface area contributed by atoms with Gasteiger partial charge in [-0.25, -0.2) is 8.78 Å². The predicted octanol–water partition coefficient (Wildman–Crippen LogP) is 2.80. The number of thiophene rings is 1. The van der Waals surface area contributed by atoms with Gasteiger partial charge in [0.2, 0.25) is 5.91 Å². The lowest BCUT2D eigenvalue weighted by Gasteiger charge is -2.18. The van der Waals surface area contributed by atoms with E-state index < -0.39 is 11.6 Å². The lowest BCUT2D eigenvalue weighted by Crippen LogP contribution is -2.32. The van der Waals surface area contributed by atoms with E-state index in [-0.39, 0.29) is 36.9 Å². The second kappa shape index (κ2) is 7.82. The molecule has 0 atom stereocenters. The summed E-state index contributed by atoms with van der Waals surface area (Å²) in [4.78, 5) is 25.0.